The molecular formula is C12H15N3O2. The van der Waals surface area contributed by atoms with Crippen LogP contribution >= 0.6 is 0 Å². The molecule has 1 aliphatic carbocycles. The maximum atomic E-state index is 11.5. The van der Waals surface area contributed by atoms with Crippen molar-refractivity contribution in [2.75, 3.05) is 17.7 Å². The molecule has 0 spiro atoms. The molecular weight excluding hydrogens is 218 g/mol. The molecule has 2 rings (SSSR count). The second-order valence-corrected chi connectivity index (χ2v) is 4.04. The molecule has 0 aliphatic heterocycles. The van der Waals surface area contributed by atoms with Gasteiger partial charge in [-0.05, 0) is 37.1 Å². The second-order valence-electron chi connectivity index (χ2n) is 4.04. The van der Waals surface area contributed by atoms with Crippen LogP contribution in [0.25, 0.3) is 0 Å². The Morgan fingerprint density at radius 3 is 2.06 bits per heavy atom. The minimum atomic E-state index is -0.264. The van der Waals surface area contributed by atoms with Crippen LogP contribution < -0.4 is 16.0 Å². The standard InChI is InChI=1S/C12H15N3O2/c1-13-12(17)15-10-6-4-9(5-7-10)14-11(16)8-2-3-8/h4-8H,2-3H2,1H3,(H,14,16)(H2,13,15,17). The Kier molecular flexibility index (Phi) is 3.27. The lowest BCUT2D eigenvalue weighted by molar-refractivity contribution is -0.117. The minimum absolute atomic E-state index is 0.0806. The summed E-state index contributed by atoms with van der Waals surface area (Å²) in [4.78, 5) is 22.5. The van der Waals surface area contributed by atoms with E-state index in [1.165, 1.54) is 0 Å². The zero-order valence-corrected chi connectivity index (χ0v) is 9.62. The van der Waals surface area contributed by atoms with Crippen molar-refractivity contribution in [3.63, 3.8) is 0 Å². The van der Waals surface area contributed by atoms with E-state index in [9.17, 15) is 9.59 Å². The third-order valence-corrected chi connectivity index (χ3v) is 2.59. The summed E-state index contributed by atoms with van der Waals surface area (Å²) in [6.07, 6.45) is 1.98. The van der Waals surface area contributed by atoms with Crippen molar-refractivity contribution in [3.8, 4) is 0 Å². The van der Waals surface area contributed by atoms with Crippen LogP contribution in [-0.2, 0) is 4.79 Å². The molecule has 0 aromatic heterocycles. The average molecular weight is 233 g/mol. The van der Waals surface area contributed by atoms with E-state index in [0.717, 1.165) is 18.5 Å². The number of hydrogen-bond acceptors (Lipinski definition) is 2. The molecule has 1 aromatic rings. The van der Waals surface area contributed by atoms with Gasteiger partial charge in [0.25, 0.3) is 0 Å². The highest BCUT2D eigenvalue weighted by atomic mass is 16.2. The van der Waals surface area contributed by atoms with Crippen LogP contribution in [0.4, 0.5) is 16.2 Å². The highest BCUT2D eigenvalue weighted by Gasteiger charge is 2.29. The first-order chi connectivity index (χ1) is 8.19. The number of hydrogen-bond donors (Lipinski definition) is 3. The smallest absolute Gasteiger partial charge is 0.318 e. The molecule has 0 radical (unpaired) electrons. The summed E-state index contributed by atoms with van der Waals surface area (Å²) >= 11 is 0. The fourth-order valence-electron chi connectivity index (χ4n) is 1.42. The van der Waals surface area contributed by atoms with Crippen molar-refractivity contribution >= 4 is 23.3 Å². The highest BCUT2D eigenvalue weighted by Crippen LogP contribution is 2.30. The van der Waals surface area contributed by atoms with E-state index < -0.39 is 0 Å². The van der Waals surface area contributed by atoms with Gasteiger partial charge in [-0.2, -0.15) is 0 Å². The topological polar surface area (TPSA) is 70.2 Å². The SMILES string of the molecule is CNC(=O)Nc1ccc(NC(=O)C2CC2)cc1. The van der Waals surface area contributed by atoms with Gasteiger partial charge < -0.3 is 16.0 Å². The molecule has 0 bridgehead atoms. The predicted molar refractivity (Wildman–Crippen MR) is 65.9 cm³/mol. The van der Waals surface area contributed by atoms with Gasteiger partial charge in [0.15, 0.2) is 0 Å². The Bertz CT molecular complexity index is 424. The third-order valence-electron chi connectivity index (χ3n) is 2.59. The fourth-order valence-corrected chi connectivity index (χ4v) is 1.42. The first-order valence-corrected chi connectivity index (χ1v) is 5.58. The lowest BCUT2D eigenvalue weighted by atomic mass is 10.2. The zero-order valence-electron chi connectivity index (χ0n) is 9.62. The van der Waals surface area contributed by atoms with Crippen molar-refractivity contribution < 1.29 is 9.59 Å². The highest BCUT2D eigenvalue weighted by molar-refractivity contribution is 5.94. The number of carbonyl (C=O) groups is 2. The molecule has 0 saturated heterocycles. The molecule has 3 N–H and O–H groups in total. The first-order valence-electron chi connectivity index (χ1n) is 5.58. The monoisotopic (exact) mass is 233 g/mol. The number of benzene rings is 1. The van der Waals surface area contributed by atoms with Crippen LogP contribution in [0.5, 0.6) is 0 Å². The Balaban J connectivity index is 1.92. The maximum absolute atomic E-state index is 11.5. The van der Waals surface area contributed by atoms with E-state index in [-0.39, 0.29) is 17.9 Å². The largest absolute Gasteiger partial charge is 0.341 e. The fraction of sp³-hybridized carbons (Fsp3) is 0.333. The Morgan fingerprint density at radius 2 is 1.59 bits per heavy atom. The summed E-state index contributed by atoms with van der Waals surface area (Å²) < 4.78 is 0. The van der Waals surface area contributed by atoms with E-state index in [1.54, 1.807) is 31.3 Å². The lowest BCUT2D eigenvalue weighted by Crippen LogP contribution is -2.24. The van der Waals surface area contributed by atoms with Crippen LogP contribution in [0, 0.1) is 5.92 Å². The summed E-state index contributed by atoms with van der Waals surface area (Å²) in [5, 5.41) is 7.94. The van der Waals surface area contributed by atoms with E-state index in [2.05, 4.69) is 16.0 Å². The summed E-state index contributed by atoms with van der Waals surface area (Å²) in [7, 11) is 1.56. The molecule has 1 aliphatic rings. The van der Waals surface area contributed by atoms with Gasteiger partial charge in [0.05, 0.1) is 0 Å². The van der Waals surface area contributed by atoms with Gasteiger partial charge in [-0.15, -0.1) is 0 Å². The average Bonchev–Trinajstić information content (AvgIpc) is 3.15. The molecule has 0 heterocycles. The predicted octanol–water partition coefficient (Wildman–Crippen LogP) is 1.79. The number of amides is 3. The van der Waals surface area contributed by atoms with Gasteiger partial charge in [0.2, 0.25) is 5.91 Å². The van der Waals surface area contributed by atoms with Crippen molar-refractivity contribution in [1.29, 1.82) is 0 Å². The summed E-state index contributed by atoms with van der Waals surface area (Å²) in [6.45, 7) is 0. The van der Waals surface area contributed by atoms with Gasteiger partial charge in [-0.3, -0.25) is 4.79 Å². The van der Waals surface area contributed by atoms with Crippen LogP contribution in [0.2, 0.25) is 0 Å². The number of rotatable bonds is 3. The number of nitrogens with one attached hydrogen (secondary N) is 3. The van der Waals surface area contributed by atoms with Gasteiger partial charge in [0, 0.05) is 24.3 Å². The minimum Gasteiger partial charge on any atom is -0.341 e. The first kappa shape index (κ1) is 11.4. The van der Waals surface area contributed by atoms with E-state index in [1.807, 2.05) is 0 Å². The summed E-state index contributed by atoms with van der Waals surface area (Å²) in [5.41, 5.74) is 1.44. The van der Waals surface area contributed by atoms with E-state index in [4.69, 9.17) is 0 Å². The van der Waals surface area contributed by atoms with Crippen molar-refractivity contribution in [2.45, 2.75) is 12.8 Å². The van der Waals surface area contributed by atoms with Crippen molar-refractivity contribution in [2.24, 2.45) is 5.92 Å². The molecule has 5 heteroatoms. The van der Waals surface area contributed by atoms with Crippen LogP contribution in [0.15, 0.2) is 24.3 Å². The molecule has 1 fully saturated rings. The normalized spacial score (nSPS) is 13.9. The molecule has 90 valence electrons. The van der Waals surface area contributed by atoms with E-state index in [0.29, 0.717) is 5.69 Å². The van der Waals surface area contributed by atoms with Crippen LogP contribution in [-0.4, -0.2) is 19.0 Å². The molecule has 1 aromatic carbocycles. The molecule has 3 amide bonds. The van der Waals surface area contributed by atoms with Gasteiger partial charge in [0.1, 0.15) is 0 Å². The number of carbonyl (C=O) groups excluding carboxylic acids is 2. The van der Waals surface area contributed by atoms with Crippen molar-refractivity contribution in [1.82, 2.24) is 5.32 Å². The Morgan fingerprint density at radius 1 is 1.06 bits per heavy atom. The zero-order chi connectivity index (χ0) is 12.3. The molecule has 1 saturated carbocycles. The lowest BCUT2D eigenvalue weighted by Gasteiger charge is -2.07. The van der Waals surface area contributed by atoms with Crippen molar-refractivity contribution in [3.05, 3.63) is 24.3 Å². The number of urea groups is 1. The Labute approximate surface area is 99.6 Å². The summed E-state index contributed by atoms with van der Waals surface area (Å²) in [6, 6.07) is 6.77. The Hall–Kier alpha value is -2.04. The second kappa shape index (κ2) is 4.86. The van der Waals surface area contributed by atoms with Gasteiger partial charge >= 0.3 is 6.03 Å². The van der Waals surface area contributed by atoms with Crippen LogP contribution in [0.1, 0.15) is 12.8 Å². The maximum Gasteiger partial charge on any atom is 0.318 e. The van der Waals surface area contributed by atoms with Gasteiger partial charge in [-0.25, -0.2) is 4.79 Å². The molecule has 5 nitrogen and oxygen atoms in total. The molecule has 0 atom stereocenters. The molecule has 0 unspecified atom stereocenters. The number of anilines is 2. The van der Waals surface area contributed by atoms with Crippen LogP contribution in [0.3, 0.4) is 0 Å². The van der Waals surface area contributed by atoms with Gasteiger partial charge in [-0.1, -0.05) is 0 Å². The summed E-state index contributed by atoms with van der Waals surface area (Å²) in [5.74, 6) is 0.274. The van der Waals surface area contributed by atoms with E-state index >= 15 is 0 Å². The quantitative estimate of drug-likeness (QED) is 0.744. The third kappa shape index (κ3) is 3.21. The molecule has 17 heavy (non-hydrogen) atoms.